The van der Waals surface area contributed by atoms with Crippen LogP contribution in [0.1, 0.15) is 11.4 Å². The molecular weight excluding hydrogens is 254 g/mol. The van der Waals surface area contributed by atoms with Crippen LogP contribution in [-0.2, 0) is 18.3 Å². The highest BCUT2D eigenvalue weighted by atomic mass is 16.1. The number of carbonyl (C=O) groups is 1. The van der Waals surface area contributed by atoms with E-state index in [4.69, 9.17) is 5.73 Å². The molecule has 0 aliphatic heterocycles. The van der Waals surface area contributed by atoms with E-state index in [1.165, 1.54) is 6.08 Å². The van der Waals surface area contributed by atoms with Gasteiger partial charge in [0.25, 0.3) is 0 Å². The van der Waals surface area contributed by atoms with Crippen LogP contribution in [0.25, 0.3) is 6.08 Å². The molecule has 0 aliphatic rings. The second kappa shape index (κ2) is 6.51. The third kappa shape index (κ3) is 4.24. The van der Waals surface area contributed by atoms with Gasteiger partial charge >= 0.3 is 0 Å². The van der Waals surface area contributed by atoms with Crippen LogP contribution in [-0.4, -0.2) is 27.2 Å². The highest BCUT2D eigenvalue weighted by Crippen LogP contribution is 2.07. The van der Waals surface area contributed by atoms with E-state index in [0.29, 0.717) is 24.5 Å². The summed E-state index contributed by atoms with van der Waals surface area (Å²) < 4.78 is 1.64. The molecular formula is C14H17N5O. The van der Waals surface area contributed by atoms with Gasteiger partial charge in [0.1, 0.15) is 6.33 Å². The van der Waals surface area contributed by atoms with E-state index < -0.39 is 0 Å². The molecule has 0 saturated heterocycles. The second-order valence-electron chi connectivity index (χ2n) is 4.38. The predicted molar refractivity (Wildman–Crippen MR) is 77.6 cm³/mol. The van der Waals surface area contributed by atoms with Crippen molar-refractivity contribution in [3.63, 3.8) is 0 Å². The van der Waals surface area contributed by atoms with E-state index in [1.807, 2.05) is 25.2 Å². The van der Waals surface area contributed by atoms with Gasteiger partial charge < -0.3 is 11.1 Å². The molecule has 0 atom stereocenters. The summed E-state index contributed by atoms with van der Waals surface area (Å²) in [4.78, 5) is 15.7. The molecule has 0 bridgehead atoms. The van der Waals surface area contributed by atoms with Crippen molar-refractivity contribution in [2.75, 3.05) is 12.3 Å². The maximum atomic E-state index is 11.6. The van der Waals surface area contributed by atoms with Gasteiger partial charge in [-0.05, 0) is 23.8 Å². The summed E-state index contributed by atoms with van der Waals surface area (Å²) in [5.74, 6) is 0.566. The lowest BCUT2D eigenvalue weighted by Crippen LogP contribution is -2.23. The summed E-state index contributed by atoms with van der Waals surface area (Å²) >= 11 is 0. The van der Waals surface area contributed by atoms with E-state index in [1.54, 1.807) is 23.2 Å². The Kier molecular flexibility index (Phi) is 4.49. The number of anilines is 1. The summed E-state index contributed by atoms with van der Waals surface area (Å²) in [5, 5.41) is 6.91. The van der Waals surface area contributed by atoms with Gasteiger partial charge in [0, 0.05) is 31.8 Å². The zero-order valence-electron chi connectivity index (χ0n) is 11.3. The number of hydrogen-bond donors (Lipinski definition) is 2. The van der Waals surface area contributed by atoms with Gasteiger partial charge in [-0.15, -0.1) is 0 Å². The number of aromatic nitrogens is 3. The van der Waals surface area contributed by atoms with Crippen molar-refractivity contribution in [3.8, 4) is 0 Å². The maximum Gasteiger partial charge on any atom is 0.244 e. The van der Waals surface area contributed by atoms with Crippen LogP contribution in [0.2, 0.25) is 0 Å². The van der Waals surface area contributed by atoms with Crippen LogP contribution in [0.15, 0.2) is 36.7 Å². The van der Waals surface area contributed by atoms with E-state index in [0.717, 1.165) is 5.56 Å². The molecule has 1 aromatic heterocycles. The first-order valence-electron chi connectivity index (χ1n) is 6.29. The van der Waals surface area contributed by atoms with Gasteiger partial charge in [-0.3, -0.25) is 9.48 Å². The van der Waals surface area contributed by atoms with E-state index >= 15 is 0 Å². The molecule has 1 amide bonds. The summed E-state index contributed by atoms with van der Waals surface area (Å²) in [6.07, 6.45) is 5.46. The first-order valence-corrected chi connectivity index (χ1v) is 6.29. The minimum absolute atomic E-state index is 0.150. The van der Waals surface area contributed by atoms with Crippen LogP contribution in [0.4, 0.5) is 5.69 Å². The van der Waals surface area contributed by atoms with Gasteiger partial charge in [-0.2, -0.15) is 5.10 Å². The van der Waals surface area contributed by atoms with Crippen LogP contribution in [0.5, 0.6) is 0 Å². The van der Waals surface area contributed by atoms with Gasteiger partial charge in [-0.25, -0.2) is 4.98 Å². The van der Waals surface area contributed by atoms with Crippen molar-refractivity contribution < 1.29 is 4.79 Å². The second-order valence-corrected chi connectivity index (χ2v) is 4.38. The molecule has 1 aromatic carbocycles. The molecule has 0 spiro atoms. The van der Waals surface area contributed by atoms with Crippen molar-refractivity contribution in [2.45, 2.75) is 6.42 Å². The van der Waals surface area contributed by atoms with Crippen molar-refractivity contribution in [1.29, 1.82) is 0 Å². The predicted octanol–water partition coefficient (Wildman–Crippen LogP) is 0.769. The Bertz CT molecular complexity index is 618. The average molecular weight is 271 g/mol. The van der Waals surface area contributed by atoms with Gasteiger partial charge in [0.2, 0.25) is 5.91 Å². The van der Waals surface area contributed by atoms with Crippen LogP contribution in [0, 0.1) is 0 Å². The highest BCUT2D eigenvalue weighted by Gasteiger charge is 2.00. The van der Waals surface area contributed by atoms with Crippen LogP contribution < -0.4 is 11.1 Å². The third-order valence-electron chi connectivity index (χ3n) is 2.63. The van der Waals surface area contributed by atoms with Crippen molar-refractivity contribution in [2.24, 2.45) is 7.05 Å². The largest absolute Gasteiger partial charge is 0.399 e. The quantitative estimate of drug-likeness (QED) is 0.621. The molecule has 0 fully saturated rings. The standard InChI is InChI=1S/C14H17N5O/c1-19-10-17-13(18-19)7-8-16-14(20)6-5-11-3-2-4-12(15)9-11/h2-6,9-10H,7-8,15H2,1H3,(H,16,20)/b6-5+. The number of nitrogens with one attached hydrogen (secondary N) is 1. The zero-order chi connectivity index (χ0) is 14.4. The lowest BCUT2D eigenvalue weighted by atomic mass is 10.2. The van der Waals surface area contributed by atoms with Crippen LogP contribution >= 0.6 is 0 Å². The minimum Gasteiger partial charge on any atom is -0.399 e. The molecule has 3 N–H and O–H groups in total. The van der Waals surface area contributed by atoms with Crippen LogP contribution in [0.3, 0.4) is 0 Å². The number of aryl methyl sites for hydroxylation is 1. The first kappa shape index (κ1) is 13.8. The first-order chi connectivity index (χ1) is 9.63. The number of hydrogen-bond acceptors (Lipinski definition) is 4. The fourth-order valence-corrected chi connectivity index (χ4v) is 1.69. The van der Waals surface area contributed by atoms with Gasteiger partial charge in [0.15, 0.2) is 5.82 Å². The number of nitrogens with zero attached hydrogens (tertiary/aromatic N) is 3. The Balaban J connectivity index is 1.78. The fraction of sp³-hybridized carbons (Fsp3) is 0.214. The molecule has 6 nitrogen and oxygen atoms in total. The van der Waals surface area contributed by atoms with Crippen molar-refractivity contribution >= 4 is 17.7 Å². The van der Waals surface area contributed by atoms with E-state index in [9.17, 15) is 4.79 Å². The van der Waals surface area contributed by atoms with E-state index in [-0.39, 0.29) is 5.91 Å². The maximum absolute atomic E-state index is 11.6. The Morgan fingerprint density at radius 1 is 1.50 bits per heavy atom. The minimum atomic E-state index is -0.150. The Hall–Kier alpha value is -2.63. The topological polar surface area (TPSA) is 85.8 Å². The fourth-order valence-electron chi connectivity index (χ4n) is 1.69. The molecule has 0 saturated carbocycles. The van der Waals surface area contributed by atoms with Gasteiger partial charge in [-0.1, -0.05) is 12.1 Å². The zero-order valence-corrected chi connectivity index (χ0v) is 11.3. The number of carbonyl (C=O) groups excluding carboxylic acids is 1. The number of amides is 1. The summed E-state index contributed by atoms with van der Waals surface area (Å²) in [6, 6.07) is 7.34. The molecule has 1 heterocycles. The van der Waals surface area contributed by atoms with Crippen molar-refractivity contribution in [3.05, 3.63) is 48.1 Å². The summed E-state index contributed by atoms with van der Waals surface area (Å²) in [6.45, 7) is 0.504. The Morgan fingerprint density at radius 2 is 2.35 bits per heavy atom. The molecule has 2 aromatic rings. The van der Waals surface area contributed by atoms with E-state index in [2.05, 4.69) is 15.4 Å². The summed E-state index contributed by atoms with van der Waals surface area (Å²) in [5.41, 5.74) is 7.23. The molecule has 0 radical (unpaired) electrons. The smallest absolute Gasteiger partial charge is 0.244 e. The number of rotatable bonds is 5. The normalized spacial score (nSPS) is 10.8. The molecule has 0 unspecified atom stereocenters. The number of nitrogen functional groups attached to an aromatic ring is 1. The average Bonchev–Trinajstić information content (AvgIpc) is 2.82. The van der Waals surface area contributed by atoms with Gasteiger partial charge in [0.05, 0.1) is 0 Å². The third-order valence-corrected chi connectivity index (χ3v) is 2.63. The number of benzene rings is 1. The SMILES string of the molecule is Cn1cnc(CCNC(=O)/C=C/c2cccc(N)c2)n1. The lowest BCUT2D eigenvalue weighted by molar-refractivity contribution is -0.116. The molecule has 104 valence electrons. The lowest BCUT2D eigenvalue weighted by Gasteiger charge is -1.99. The summed E-state index contributed by atoms with van der Waals surface area (Å²) in [7, 11) is 1.81. The molecule has 6 heteroatoms. The molecule has 2 rings (SSSR count). The Morgan fingerprint density at radius 3 is 3.05 bits per heavy atom. The Labute approximate surface area is 117 Å². The highest BCUT2D eigenvalue weighted by molar-refractivity contribution is 5.91. The van der Waals surface area contributed by atoms with Crippen molar-refractivity contribution in [1.82, 2.24) is 20.1 Å². The number of nitrogens with two attached hydrogens (primary N) is 1. The monoisotopic (exact) mass is 271 g/mol. The molecule has 0 aliphatic carbocycles. The molecule has 20 heavy (non-hydrogen) atoms.